The van der Waals surface area contributed by atoms with Crippen LogP contribution in [0.15, 0.2) is 15.9 Å². The van der Waals surface area contributed by atoms with E-state index in [0.29, 0.717) is 6.04 Å². The maximum Gasteiger partial charge on any atom is 0.0302 e. The minimum absolute atomic E-state index is 0.637. The maximum absolute atomic E-state index is 3.59. The van der Waals surface area contributed by atoms with Crippen LogP contribution in [0.3, 0.4) is 0 Å². The molecule has 0 aromatic carbocycles. The minimum atomic E-state index is 0.637. The van der Waals surface area contributed by atoms with Crippen LogP contribution in [0.1, 0.15) is 57.2 Å². The lowest BCUT2D eigenvalue weighted by Gasteiger charge is -2.12. The van der Waals surface area contributed by atoms with Crippen LogP contribution in [0.2, 0.25) is 0 Å². The number of rotatable bonds is 9. The fourth-order valence-corrected chi connectivity index (χ4v) is 3.28. The van der Waals surface area contributed by atoms with Crippen molar-refractivity contribution < 1.29 is 0 Å². The number of thiophene rings is 1. The molecule has 0 amide bonds. The third-order valence-electron chi connectivity index (χ3n) is 2.99. The van der Waals surface area contributed by atoms with E-state index in [1.807, 2.05) is 11.3 Å². The van der Waals surface area contributed by atoms with Gasteiger partial charge in [-0.25, -0.2) is 0 Å². The van der Waals surface area contributed by atoms with E-state index in [-0.39, 0.29) is 0 Å². The number of unbranched alkanes of at least 4 members (excludes halogenated alkanes) is 4. The van der Waals surface area contributed by atoms with Crippen LogP contribution in [-0.2, 0) is 6.54 Å². The lowest BCUT2D eigenvalue weighted by molar-refractivity contribution is 0.481. The van der Waals surface area contributed by atoms with Gasteiger partial charge in [0.2, 0.25) is 0 Å². The van der Waals surface area contributed by atoms with Gasteiger partial charge < -0.3 is 5.32 Å². The van der Waals surface area contributed by atoms with Crippen molar-refractivity contribution in [3.63, 3.8) is 0 Å². The number of hydrogen-bond donors (Lipinski definition) is 1. The lowest BCUT2D eigenvalue weighted by Crippen LogP contribution is -2.24. The van der Waals surface area contributed by atoms with Crippen LogP contribution in [0.5, 0.6) is 0 Å². The van der Waals surface area contributed by atoms with Crippen LogP contribution >= 0.6 is 27.3 Å². The smallest absolute Gasteiger partial charge is 0.0302 e. The SMILES string of the molecule is CCCCCCCC(C)NCc1cc(Br)cs1. The minimum Gasteiger partial charge on any atom is -0.309 e. The molecule has 98 valence electrons. The molecule has 0 saturated heterocycles. The van der Waals surface area contributed by atoms with Gasteiger partial charge in [-0.3, -0.25) is 0 Å². The molecular formula is C14H24BrNS. The van der Waals surface area contributed by atoms with E-state index in [2.05, 4.69) is 46.5 Å². The molecule has 0 spiro atoms. The molecule has 1 aromatic heterocycles. The van der Waals surface area contributed by atoms with E-state index in [1.54, 1.807) is 0 Å². The van der Waals surface area contributed by atoms with Gasteiger partial charge in [0.05, 0.1) is 0 Å². The Morgan fingerprint density at radius 1 is 1.29 bits per heavy atom. The number of nitrogens with one attached hydrogen (secondary N) is 1. The van der Waals surface area contributed by atoms with Crippen molar-refractivity contribution in [3.05, 3.63) is 20.8 Å². The Morgan fingerprint density at radius 3 is 2.71 bits per heavy atom. The first-order chi connectivity index (χ1) is 8.22. The summed E-state index contributed by atoms with van der Waals surface area (Å²) in [5.41, 5.74) is 0. The second kappa shape index (κ2) is 9.12. The second-order valence-corrected chi connectivity index (χ2v) is 6.63. The molecule has 0 radical (unpaired) electrons. The lowest BCUT2D eigenvalue weighted by atomic mass is 10.1. The average Bonchev–Trinajstić information content (AvgIpc) is 2.72. The summed E-state index contributed by atoms with van der Waals surface area (Å²) >= 11 is 5.30. The highest BCUT2D eigenvalue weighted by Crippen LogP contribution is 2.19. The third-order valence-corrected chi connectivity index (χ3v) is 4.68. The summed E-state index contributed by atoms with van der Waals surface area (Å²) in [5, 5.41) is 5.74. The predicted molar refractivity (Wildman–Crippen MR) is 81.7 cm³/mol. The Labute approximate surface area is 118 Å². The van der Waals surface area contributed by atoms with E-state index in [0.717, 1.165) is 6.54 Å². The van der Waals surface area contributed by atoms with E-state index in [9.17, 15) is 0 Å². The zero-order valence-electron chi connectivity index (χ0n) is 11.0. The van der Waals surface area contributed by atoms with E-state index in [1.165, 1.54) is 47.9 Å². The quantitative estimate of drug-likeness (QED) is 0.605. The van der Waals surface area contributed by atoms with E-state index >= 15 is 0 Å². The first-order valence-electron chi connectivity index (χ1n) is 6.68. The average molecular weight is 318 g/mol. The van der Waals surface area contributed by atoms with Gasteiger partial charge in [-0.15, -0.1) is 11.3 Å². The van der Waals surface area contributed by atoms with Crippen LogP contribution < -0.4 is 5.32 Å². The third kappa shape index (κ3) is 7.22. The summed E-state index contributed by atoms with van der Waals surface area (Å²) in [6, 6.07) is 2.84. The van der Waals surface area contributed by atoms with Gasteiger partial charge >= 0.3 is 0 Å². The van der Waals surface area contributed by atoms with Crippen LogP contribution in [-0.4, -0.2) is 6.04 Å². The summed E-state index contributed by atoms with van der Waals surface area (Å²) in [4.78, 5) is 1.41. The van der Waals surface area contributed by atoms with Gasteiger partial charge in [0.1, 0.15) is 0 Å². The Kier molecular flexibility index (Phi) is 8.15. The second-order valence-electron chi connectivity index (χ2n) is 4.72. The largest absolute Gasteiger partial charge is 0.309 e. The Hall–Kier alpha value is 0.140. The highest BCUT2D eigenvalue weighted by molar-refractivity contribution is 9.10. The Bertz CT molecular complexity index is 298. The molecular weight excluding hydrogens is 294 g/mol. The Morgan fingerprint density at radius 2 is 2.06 bits per heavy atom. The van der Waals surface area contributed by atoms with E-state index in [4.69, 9.17) is 0 Å². The summed E-state index contributed by atoms with van der Waals surface area (Å²) < 4.78 is 1.20. The summed E-state index contributed by atoms with van der Waals surface area (Å²) in [5.74, 6) is 0. The normalized spacial score (nSPS) is 12.9. The van der Waals surface area contributed by atoms with Crippen molar-refractivity contribution in [3.8, 4) is 0 Å². The fraction of sp³-hybridized carbons (Fsp3) is 0.714. The maximum atomic E-state index is 3.59. The number of hydrogen-bond acceptors (Lipinski definition) is 2. The highest BCUT2D eigenvalue weighted by Gasteiger charge is 2.02. The molecule has 0 aliphatic rings. The first kappa shape index (κ1) is 15.2. The van der Waals surface area contributed by atoms with Crippen molar-refractivity contribution in [2.75, 3.05) is 0 Å². The van der Waals surface area contributed by atoms with Gasteiger partial charge in [0.15, 0.2) is 0 Å². The molecule has 0 aliphatic carbocycles. The molecule has 0 saturated carbocycles. The van der Waals surface area contributed by atoms with Crippen LogP contribution in [0.25, 0.3) is 0 Å². The van der Waals surface area contributed by atoms with Crippen molar-refractivity contribution >= 4 is 27.3 Å². The summed E-state index contributed by atoms with van der Waals surface area (Å²) in [7, 11) is 0. The van der Waals surface area contributed by atoms with Gasteiger partial charge in [-0.05, 0) is 35.3 Å². The topological polar surface area (TPSA) is 12.0 Å². The first-order valence-corrected chi connectivity index (χ1v) is 8.36. The number of halogens is 1. The standard InChI is InChI=1S/C14H24BrNS/c1-3-4-5-6-7-8-12(2)16-10-14-9-13(15)11-17-14/h9,11-12,16H,3-8,10H2,1-2H3. The van der Waals surface area contributed by atoms with Gasteiger partial charge in [0, 0.05) is 27.3 Å². The van der Waals surface area contributed by atoms with Crippen molar-refractivity contribution in [2.45, 2.75) is 65.0 Å². The van der Waals surface area contributed by atoms with Crippen molar-refractivity contribution in [2.24, 2.45) is 0 Å². The van der Waals surface area contributed by atoms with Gasteiger partial charge in [-0.2, -0.15) is 0 Å². The van der Waals surface area contributed by atoms with Crippen molar-refractivity contribution in [1.29, 1.82) is 0 Å². The van der Waals surface area contributed by atoms with Crippen LogP contribution in [0.4, 0.5) is 0 Å². The molecule has 1 rings (SSSR count). The molecule has 1 unspecified atom stereocenters. The molecule has 0 aliphatic heterocycles. The van der Waals surface area contributed by atoms with Crippen LogP contribution in [0, 0.1) is 0 Å². The van der Waals surface area contributed by atoms with Crippen molar-refractivity contribution in [1.82, 2.24) is 5.32 Å². The van der Waals surface area contributed by atoms with E-state index < -0.39 is 0 Å². The monoisotopic (exact) mass is 317 g/mol. The molecule has 3 heteroatoms. The summed E-state index contributed by atoms with van der Waals surface area (Å²) in [6.07, 6.45) is 8.19. The highest BCUT2D eigenvalue weighted by atomic mass is 79.9. The fourth-order valence-electron chi connectivity index (χ4n) is 1.88. The van der Waals surface area contributed by atoms with Gasteiger partial charge in [-0.1, -0.05) is 39.0 Å². The molecule has 1 nitrogen and oxygen atoms in total. The molecule has 1 N–H and O–H groups in total. The molecule has 0 fully saturated rings. The molecule has 0 bridgehead atoms. The van der Waals surface area contributed by atoms with Gasteiger partial charge in [0.25, 0.3) is 0 Å². The molecule has 1 atom stereocenters. The summed E-state index contributed by atoms with van der Waals surface area (Å²) in [6.45, 7) is 5.57. The molecule has 1 aromatic rings. The zero-order valence-corrected chi connectivity index (χ0v) is 13.4. The zero-order chi connectivity index (χ0) is 12.5. The predicted octanol–water partition coefficient (Wildman–Crippen LogP) is 5.35. The Balaban J connectivity index is 2.03. The molecule has 1 heterocycles. The molecule has 17 heavy (non-hydrogen) atoms.